The first-order valence-electron chi connectivity index (χ1n) is 6.40. The van der Waals surface area contributed by atoms with E-state index >= 15 is 0 Å². The van der Waals surface area contributed by atoms with Crippen molar-refractivity contribution in [1.82, 2.24) is 0 Å². The number of allylic oxidation sites excluding steroid dienone is 1. The molecule has 0 fully saturated rings. The Kier molecular flexibility index (Phi) is 10.6. The van der Waals surface area contributed by atoms with Crippen molar-refractivity contribution in [2.75, 3.05) is 6.61 Å². The quantitative estimate of drug-likeness (QED) is 0.399. The Labute approximate surface area is 98.8 Å². The summed E-state index contributed by atoms with van der Waals surface area (Å²) in [5.74, 6) is -0.103. The smallest absolute Gasteiger partial charge is 0.133 e. The number of aliphatic hydroxyl groups is 3. The second kappa shape index (κ2) is 11.0. The first-order chi connectivity index (χ1) is 7.72. The van der Waals surface area contributed by atoms with Gasteiger partial charge in [0.15, 0.2) is 0 Å². The Bertz CT molecular complexity index is 178. The van der Waals surface area contributed by atoms with Crippen molar-refractivity contribution in [2.45, 2.75) is 64.4 Å². The van der Waals surface area contributed by atoms with E-state index in [9.17, 15) is 5.11 Å². The van der Waals surface area contributed by atoms with E-state index in [1.165, 1.54) is 38.5 Å². The molecule has 1 unspecified atom stereocenters. The molecule has 0 amide bonds. The molecule has 0 radical (unpaired) electrons. The summed E-state index contributed by atoms with van der Waals surface area (Å²) >= 11 is 0. The van der Waals surface area contributed by atoms with E-state index in [0.29, 0.717) is 0 Å². The van der Waals surface area contributed by atoms with Gasteiger partial charge in [0, 0.05) is 0 Å². The molecule has 0 bridgehead atoms. The molecule has 0 aromatic carbocycles. The summed E-state index contributed by atoms with van der Waals surface area (Å²) in [5.41, 5.74) is 0. The Hall–Kier alpha value is -0.540. The Balaban J connectivity index is 3.32. The fourth-order valence-electron chi connectivity index (χ4n) is 1.58. The predicted molar refractivity (Wildman–Crippen MR) is 66.4 cm³/mol. The maximum Gasteiger partial charge on any atom is 0.133 e. The minimum Gasteiger partial charge on any atom is -0.510 e. The molecule has 0 saturated heterocycles. The number of aliphatic hydroxyl groups excluding tert-OH is 3. The first-order valence-corrected chi connectivity index (χ1v) is 6.40. The fourth-order valence-corrected chi connectivity index (χ4v) is 1.58. The van der Waals surface area contributed by atoms with Crippen molar-refractivity contribution in [3.8, 4) is 0 Å². The molecule has 3 N–H and O–H groups in total. The van der Waals surface area contributed by atoms with Gasteiger partial charge in [-0.1, -0.05) is 45.4 Å². The lowest BCUT2D eigenvalue weighted by atomic mass is 10.1. The van der Waals surface area contributed by atoms with E-state index in [0.717, 1.165) is 12.8 Å². The molecule has 0 aromatic rings. The SMILES string of the molecule is CCCCCCCCCC=C(O)C(O)CO. The summed E-state index contributed by atoms with van der Waals surface area (Å²) in [6.45, 7) is 1.79. The minimum atomic E-state index is -1.11. The van der Waals surface area contributed by atoms with Gasteiger partial charge in [0.05, 0.1) is 6.61 Å². The van der Waals surface area contributed by atoms with E-state index in [2.05, 4.69) is 6.92 Å². The van der Waals surface area contributed by atoms with Gasteiger partial charge in [0.1, 0.15) is 11.9 Å². The summed E-state index contributed by atoms with van der Waals surface area (Å²) in [6, 6.07) is 0. The molecule has 0 aliphatic carbocycles. The highest BCUT2D eigenvalue weighted by molar-refractivity contribution is 4.97. The van der Waals surface area contributed by atoms with Crippen molar-refractivity contribution in [2.24, 2.45) is 0 Å². The summed E-state index contributed by atoms with van der Waals surface area (Å²) in [7, 11) is 0. The van der Waals surface area contributed by atoms with Gasteiger partial charge in [-0.05, 0) is 18.9 Å². The molecule has 0 heterocycles. The summed E-state index contributed by atoms with van der Waals surface area (Å²) in [5, 5.41) is 26.9. The van der Waals surface area contributed by atoms with Gasteiger partial charge in [0.2, 0.25) is 0 Å². The van der Waals surface area contributed by atoms with Crippen LogP contribution in [0.15, 0.2) is 11.8 Å². The van der Waals surface area contributed by atoms with Gasteiger partial charge in [-0.3, -0.25) is 0 Å². The van der Waals surface area contributed by atoms with Crippen LogP contribution in [0.1, 0.15) is 58.3 Å². The molecule has 96 valence electrons. The molecule has 0 rings (SSSR count). The fraction of sp³-hybridized carbons (Fsp3) is 0.846. The van der Waals surface area contributed by atoms with Crippen molar-refractivity contribution in [3.05, 3.63) is 11.8 Å². The minimum absolute atomic E-state index is 0.103. The van der Waals surface area contributed by atoms with Crippen LogP contribution >= 0.6 is 0 Å². The van der Waals surface area contributed by atoms with Crippen LogP contribution in [0.5, 0.6) is 0 Å². The molecule has 3 heteroatoms. The normalized spacial score (nSPS) is 14.1. The van der Waals surface area contributed by atoms with Crippen LogP contribution in [0.4, 0.5) is 0 Å². The highest BCUT2D eigenvalue weighted by Crippen LogP contribution is 2.09. The van der Waals surface area contributed by atoms with Crippen LogP contribution in [0, 0.1) is 0 Å². The molecule has 16 heavy (non-hydrogen) atoms. The number of unbranched alkanes of at least 4 members (excludes halogenated alkanes) is 7. The lowest BCUT2D eigenvalue weighted by molar-refractivity contribution is 0.0866. The molecular weight excluding hydrogens is 204 g/mol. The molecule has 3 nitrogen and oxygen atoms in total. The zero-order valence-corrected chi connectivity index (χ0v) is 10.4. The van der Waals surface area contributed by atoms with E-state index in [1.807, 2.05) is 0 Å². The van der Waals surface area contributed by atoms with Crippen LogP contribution in [-0.4, -0.2) is 28.0 Å². The van der Waals surface area contributed by atoms with Crippen molar-refractivity contribution < 1.29 is 15.3 Å². The largest absolute Gasteiger partial charge is 0.510 e. The van der Waals surface area contributed by atoms with Gasteiger partial charge in [-0.25, -0.2) is 0 Å². The van der Waals surface area contributed by atoms with Crippen molar-refractivity contribution in [1.29, 1.82) is 0 Å². The monoisotopic (exact) mass is 230 g/mol. The van der Waals surface area contributed by atoms with Crippen LogP contribution in [0.2, 0.25) is 0 Å². The van der Waals surface area contributed by atoms with Crippen molar-refractivity contribution >= 4 is 0 Å². The third kappa shape index (κ3) is 8.74. The van der Waals surface area contributed by atoms with E-state index in [-0.39, 0.29) is 5.76 Å². The Morgan fingerprint density at radius 1 is 1.06 bits per heavy atom. The number of rotatable bonds is 10. The van der Waals surface area contributed by atoms with Crippen LogP contribution < -0.4 is 0 Å². The number of hydrogen-bond donors (Lipinski definition) is 3. The van der Waals surface area contributed by atoms with Gasteiger partial charge in [-0.15, -0.1) is 0 Å². The summed E-state index contributed by atoms with van der Waals surface area (Å²) in [6.07, 6.45) is 9.94. The Morgan fingerprint density at radius 3 is 2.19 bits per heavy atom. The van der Waals surface area contributed by atoms with E-state index in [4.69, 9.17) is 10.2 Å². The van der Waals surface area contributed by atoms with E-state index in [1.54, 1.807) is 6.08 Å². The second-order valence-corrected chi connectivity index (χ2v) is 4.24. The molecule has 0 aromatic heterocycles. The van der Waals surface area contributed by atoms with Crippen molar-refractivity contribution in [3.63, 3.8) is 0 Å². The molecule has 0 saturated carbocycles. The lowest BCUT2D eigenvalue weighted by Crippen LogP contribution is -2.14. The lowest BCUT2D eigenvalue weighted by Gasteiger charge is -2.05. The highest BCUT2D eigenvalue weighted by Gasteiger charge is 2.05. The van der Waals surface area contributed by atoms with Gasteiger partial charge in [-0.2, -0.15) is 0 Å². The molecular formula is C13H26O3. The topological polar surface area (TPSA) is 60.7 Å². The summed E-state index contributed by atoms with van der Waals surface area (Å²) < 4.78 is 0. The van der Waals surface area contributed by atoms with Crippen LogP contribution in [0.25, 0.3) is 0 Å². The third-order valence-electron chi connectivity index (χ3n) is 2.68. The first kappa shape index (κ1) is 15.5. The third-order valence-corrected chi connectivity index (χ3v) is 2.68. The van der Waals surface area contributed by atoms with Gasteiger partial charge < -0.3 is 15.3 Å². The van der Waals surface area contributed by atoms with Crippen LogP contribution in [-0.2, 0) is 0 Å². The second-order valence-electron chi connectivity index (χ2n) is 4.24. The molecule has 0 spiro atoms. The molecule has 0 aliphatic heterocycles. The van der Waals surface area contributed by atoms with Crippen LogP contribution in [0.3, 0.4) is 0 Å². The maximum absolute atomic E-state index is 9.24. The zero-order chi connectivity index (χ0) is 12.2. The predicted octanol–water partition coefficient (Wildman–Crippen LogP) is 2.92. The van der Waals surface area contributed by atoms with E-state index < -0.39 is 12.7 Å². The average Bonchev–Trinajstić information content (AvgIpc) is 2.31. The standard InChI is InChI=1S/C13H26O3/c1-2-3-4-5-6-7-8-9-10-12(15)13(16)11-14/h10,13-16H,2-9,11H2,1H3. The summed E-state index contributed by atoms with van der Waals surface area (Å²) in [4.78, 5) is 0. The number of hydrogen-bond acceptors (Lipinski definition) is 3. The maximum atomic E-state index is 9.24. The molecule has 1 atom stereocenters. The Morgan fingerprint density at radius 2 is 1.62 bits per heavy atom. The molecule has 0 aliphatic rings. The average molecular weight is 230 g/mol. The highest BCUT2D eigenvalue weighted by atomic mass is 16.3. The van der Waals surface area contributed by atoms with Gasteiger partial charge in [0.25, 0.3) is 0 Å². The zero-order valence-electron chi connectivity index (χ0n) is 10.4. The van der Waals surface area contributed by atoms with Gasteiger partial charge >= 0.3 is 0 Å².